The molecule has 1 aromatic heterocycles. The van der Waals surface area contributed by atoms with Gasteiger partial charge in [-0.2, -0.15) is 0 Å². The van der Waals surface area contributed by atoms with E-state index in [2.05, 4.69) is 22.5 Å². The zero-order chi connectivity index (χ0) is 12.8. The SMILES string of the molecule is CC1(NC(=O)CCc2ccccn2)CCNCC1.Cl.Cl. The van der Waals surface area contributed by atoms with Crippen LogP contribution in [0.5, 0.6) is 0 Å². The van der Waals surface area contributed by atoms with Crippen LogP contribution in [0.1, 0.15) is 31.9 Å². The van der Waals surface area contributed by atoms with Crippen LogP contribution in [-0.4, -0.2) is 29.5 Å². The van der Waals surface area contributed by atoms with Crippen LogP contribution in [0.2, 0.25) is 0 Å². The summed E-state index contributed by atoms with van der Waals surface area (Å²) in [6.45, 7) is 4.10. The number of rotatable bonds is 4. The number of nitrogens with zero attached hydrogens (tertiary/aromatic N) is 1. The summed E-state index contributed by atoms with van der Waals surface area (Å²) in [5, 5.41) is 6.47. The van der Waals surface area contributed by atoms with Gasteiger partial charge in [-0.3, -0.25) is 9.78 Å². The number of halogens is 2. The van der Waals surface area contributed by atoms with Crippen molar-refractivity contribution < 1.29 is 4.79 Å². The number of nitrogens with one attached hydrogen (secondary N) is 2. The van der Waals surface area contributed by atoms with E-state index in [0.29, 0.717) is 12.8 Å². The minimum absolute atomic E-state index is 0. The largest absolute Gasteiger partial charge is 0.351 e. The fourth-order valence-electron chi connectivity index (χ4n) is 2.29. The number of piperidine rings is 1. The lowest BCUT2D eigenvalue weighted by atomic mass is 9.90. The molecule has 0 spiro atoms. The van der Waals surface area contributed by atoms with Gasteiger partial charge in [0.1, 0.15) is 0 Å². The van der Waals surface area contributed by atoms with E-state index < -0.39 is 0 Å². The summed E-state index contributed by atoms with van der Waals surface area (Å²) in [6.07, 6.45) is 4.99. The molecule has 0 aliphatic carbocycles. The molecule has 2 rings (SSSR count). The summed E-state index contributed by atoms with van der Waals surface area (Å²) in [7, 11) is 0. The van der Waals surface area contributed by atoms with Crippen LogP contribution in [-0.2, 0) is 11.2 Å². The number of hydrogen-bond donors (Lipinski definition) is 2. The number of aromatic nitrogens is 1. The monoisotopic (exact) mass is 319 g/mol. The first kappa shape index (κ1) is 19.2. The number of carbonyl (C=O) groups excluding carboxylic acids is 1. The predicted octanol–water partition coefficient (Wildman–Crippen LogP) is 2.12. The van der Waals surface area contributed by atoms with Crippen molar-refractivity contribution in [3.63, 3.8) is 0 Å². The van der Waals surface area contributed by atoms with Crippen LogP contribution < -0.4 is 10.6 Å². The van der Waals surface area contributed by atoms with Crippen LogP contribution >= 0.6 is 24.8 Å². The molecule has 1 fully saturated rings. The summed E-state index contributed by atoms with van der Waals surface area (Å²) in [5.41, 5.74) is 0.940. The van der Waals surface area contributed by atoms with Crippen molar-refractivity contribution in [2.24, 2.45) is 0 Å². The maximum absolute atomic E-state index is 11.9. The van der Waals surface area contributed by atoms with E-state index in [0.717, 1.165) is 31.6 Å². The minimum atomic E-state index is -0.0353. The summed E-state index contributed by atoms with van der Waals surface area (Å²) >= 11 is 0. The van der Waals surface area contributed by atoms with Crippen LogP contribution in [0.25, 0.3) is 0 Å². The van der Waals surface area contributed by atoms with Gasteiger partial charge in [-0.25, -0.2) is 0 Å². The molecule has 1 amide bonds. The molecular formula is C14H23Cl2N3O. The van der Waals surface area contributed by atoms with E-state index in [1.165, 1.54) is 0 Å². The van der Waals surface area contributed by atoms with Crippen molar-refractivity contribution in [3.05, 3.63) is 30.1 Å². The molecule has 6 heteroatoms. The number of carbonyl (C=O) groups is 1. The average molecular weight is 320 g/mol. The standard InChI is InChI=1S/C14H21N3O.2ClH/c1-14(7-10-15-11-8-14)17-13(18)6-5-12-4-2-3-9-16-12;;/h2-4,9,15H,5-8,10-11H2,1H3,(H,17,18);2*1H. The maximum atomic E-state index is 11.9. The van der Waals surface area contributed by atoms with Gasteiger partial charge in [0, 0.05) is 23.9 Å². The molecule has 114 valence electrons. The molecule has 0 bridgehead atoms. The quantitative estimate of drug-likeness (QED) is 0.893. The summed E-state index contributed by atoms with van der Waals surface area (Å²) in [4.78, 5) is 16.2. The van der Waals surface area contributed by atoms with Gasteiger partial charge >= 0.3 is 0 Å². The number of pyridine rings is 1. The second kappa shape index (κ2) is 9.16. The van der Waals surface area contributed by atoms with Crippen molar-refractivity contribution in [1.29, 1.82) is 0 Å². The van der Waals surface area contributed by atoms with Gasteiger partial charge in [0.2, 0.25) is 5.91 Å². The van der Waals surface area contributed by atoms with Crippen LogP contribution in [0.3, 0.4) is 0 Å². The Hall–Kier alpha value is -0.840. The summed E-state index contributed by atoms with van der Waals surface area (Å²) < 4.78 is 0. The van der Waals surface area contributed by atoms with Gasteiger partial charge in [0.15, 0.2) is 0 Å². The molecule has 2 N–H and O–H groups in total. The highest BCUT2D eigenvalue weighted by Crippen LogP contribution is 2.17. The summed E-state index contributed by atoms with van der Waals surface area (Å²) in [6, 6.07) is 5.80. The molecule has 0 radical (unpaired) electrons. The fraction of sp³-hybridized carbons (Fsp3) is 0.571. The van der Waals surface area contributed by atoms with E-state index in [1.807, 2.05) is 18.2 Å². The topological polar surface area (TPSA) is 54.0 Å². The van der Waals surface area contributed by atoms with Crippen molar-refractivity contribution in [2.75, 3.05) is 13.1 Å². The lowest BCUT2D eigenvalue weighted by molar-refractivity contribution is -0.123. The Balaban J connectivity index is 0.00000180. The first-order valence-corrected chi connectivity index (χ1v) is 6.60. The molecule has 1 aliphatic heterocycles. The zero-order valence-corrected chi connectivity index (χ0v) is 13.4. The number of aryl methyl sites for hydroxylation is 1. The molecule has 20 heavy (non-hydrogen) atoms. The lowest BCUT2D eigenvalue weighted by Gasteiger charge is -2.35. The van der Waals surface area contributed by atoms with Crippen molar-refractivity contribution in [3.8, 4) is 0 Å². The van der Waals surface area contributed by atoms with Gasteiger partial charge in [0.05, 0.1) is 0 Å². The fourth-order valence-corrected chi connectivity index (χ4v) is 2.29. The normalized spacial score (nSPS) is 16.4. The first-order chi connectivity index (χ1) is 8.68. The highest BCUT2D eigenvalue weighted by atomic mass is 35.5. The Labute approximate surface area is 132 Å². The third-order valence-corrected chi connectivity index (χ3v) is 3.48. The van der Waals surface area contributed by atoms with E-state index in [4.69, 9.17) is 0 Å². The van der Waals surface area contributed by atoms with Crippen molar-refractivity contribution in [1.82, 2.24) is 15.6 Å². The first-order valence-electron chi connectivity index (χ1n) is 6.60. The second-order valence-electron chi connectivity index (χ2n) is 5.18. The molecule has 0 saturated carbocycles. The van der Waals surface area contributed by atoms with E-state index >= 15 is 0 Å². The molecule has 1 aliphatic rings. The van der Waals surface area contributed by atoms with Crippen LogP contribution in [0, 0.1) is 0 Å². The third-order valence-electron chi connectivity index (χ3n) is 3.48. The lowest BCUT2D eigenvalue weighted by Crippen LogP contribution is -2.52. The highest BCUT2D eigenvalue weighted by Gasteiger charge is 2.27. The highest BCUT2D eigenvalue weighted by molar-refractivity contribution is 5.85. The molecule has 4 nitrogen and oxygen atoms in total. The molecule has 0 atom stereocenters. The Morgan fingerprint density at radius 3 is 2.65 bits per heavy atom. The molecule has 1 aromatic rings. The Kier molecular flexibility index (Phi) is 8.78. The average Bonchev–Trinajstić information content (AvgIpc) is 2.38. The van der Waals surface area contributed by atoms with E-state index in [-0.39, 0.29) is 36.3 Å². The zero-order valence-electron chi connectivity index (χ0n) is 11.7. The van der Waals surface area contributed by atoms with Crippen molar-refractivity contribution >= 4 is 30.7 Å². The van der Waals surface area contributed by atoms with Crippen LogP contribution in [0.15, 0.2) is 24.4 Å². The summed E-state index contributed by atoms with van der Waals surface area (Å²) in [5.74, 6) is 0.130. The van der Waals surface area contributed by atoms with Gasteiger partial charge < -0.3 is 10.6 Å². The molecule has 0 aromatic carbocycles. The molecule has 0 unspecified atom stereocenters. The maximum Gasteiger partial charge on any atom is 0.220 e. The van der Waals surface area contributed by atoms with Crippen LogP contribution in [0.4, 0.5) is 0 Å². The Bertz CT molecular complexity index is 395. The molecule has 2 heterocycles. The second-order valence-corrected chi connectivity index (χ2v) is 5.18. The molecule has 1 saturated heterocycles. The van der Waals surface area contributed by atoms with E-state index in [9.17, 15) is 4.79 Å². The van der Waals surface area contributed by atoms with Crippen molar-refractivity contribution in [2.45, 2.75) is 38.1 Å². The smallest absolute Gasteiger partial charge is 0.220 e. The van der Waals surface area contributed by atoms with Gasteiger partial charge in [-0.1, -0.05) is 6.07 Å². The Morgan fingerprint density at radius 2 is 2.05 bits per heavy atom. The van der Waals surface area contributed by atoms with Gasteiger partial charge in [-0.05, 0) is 51.4 Å². The van der Waals surface area contributed by atoms with Gasteiger partial charge in [0.25, 0.3) is 0 Å². The van der Waals surface area contributed by atoms with Gasteiger partial charge in [-0.15, -0.1) is 24.8 Å². The molecular weight excluding hydrogens is 297 g/mol. The number of amides is 1. The third kappa shape index (κ3) is 6.07. The van der Waals surface area contributed by atoms with E-state index in [1.54, 1.807) is 6.20 Å². The predicted molar refractivity (Wildman–Crippen MR) is 85.7 cm³/mol. The minimum Gasteiger partial charge on any atom is -0.351 e. The number of hydrogen-bond acceptors (Lipinski definition) is 3. The Morgan fingerprint density at radius 1 is 1.35 bits per heavy atom.